The molecule has 1 saturated heterocycles. The zero-order chi connectivity index (χ0) is 16.9. The second-order valence-corrected chi connectivity index (χ2v) is 6.00. The summed E-state index contributed by atoms with van der Waals surface area (Å²) in [5, 5.41) is 3.28. The second-order valence-electron chi connectivity index (χ2n) is 6.00. The van der Waals surface area contributed by atoms with Crippen molar-refractivity contribution in [2.24, 2.45) is 0 Å². The summed E-state index contributed by atoms with van der Waals surface area (Å²) in [7, 11) is 0. The quantitative estimate of drug-likeness (QED) is 0.905. The number of nitrogens with one attached hydrogen (secondary N) is 1. The first-order valence-electron chi connectivity index (χ1n) is 8.12. The molecule has 0 radical (unpaired) electrons. The lowest BCUT2D eigenvalue weighted by molar-refractivity contribution is 0.0655. The molecule has 1 aliphatic rings. The van der Waals surface area contributed by atoms with E-state index in [-0.39, 0.29) is 30.2 Å². The summed E-state index contributed by atoms with van der Waals surface area (Å²) in [6.07, 6.45) is 0. The highest BCUT2D eigenvalue weighted by Crippen LogP contribution is 2.16. The smallest absolute Gasteiger partial charge is 0.254 e. The molecule has 2 aromatic rings. The molecule has 0 aliphatic carbocycles. The lowest BCUT2D eigenvalue weighted by atomic mass is 10.1. The molecular formula is C19H22ClFN2O2. The number of rotatable bonds is 4. The average molecular weight is 365 g/mol. The number of hydrogen-bond acceptors (Lipinski definition) is 3. The van der Waals surface area contributed by atoms with Gasteiger partial charge in [-0.1, -0.05) is 18.2 Å². The third kappa shape index (κ3) is 4.94. The minimum absolute atomic E-state index is 0. The maximum atomic E-state index is 13.2. The average Bonchev–Trinajstić information content (AvgIpc) is 2.60. The van der Waals surface area contributed by atoms with Gasteiger partial charge >= 0.3 is 0 Å². The molecule has 1 atom stereocenters. The van der Waals surface area contributed by atoms with Crippen LogP contribution in [0.2, 0.25) is 0 Å². The van der Waals surface area contributed by atoms with Gasteiger partial charge in [-0.05, 0) is 36.8 Å². The van der Waals surface area contributed by atoms with Crippen molar-refractivity contribution >= 4 is 18.3 Å². The van der Waals surface area contributed by atoms with Crippen molar-refractivity contribution in [3.8, 4) is 5.75 Å². The van der Waals surface area contributed by atoms with Crippen molar-refractivity contribution < 1.29 is 13.9 Å². The topological polar surface area (TPSA) is 41.6 Å². The normalized spacial score (nSPS) is 16.9. The molecule has 4 nitrogen and oxygen atoms in total. The highest BCUT2D eigenvalue weighted by Gasteiger charge is 2.24. The van der Waals surface area contributed by atoms with Crippen LogP contribution in [-0.2, 0) is 6.61 Å². The number of carbonyl (C=O) groups excluding carboxylic acids is 1. The molecule has 1 N–H and O–H groups in total. The Morgan fingerprint density at radius 1 is 1.28 bits per heavy atom. The van der Waals surface area contributed by atoms with Crippen molar-refractivity contribution in [3.63, 3.8) is 0 Å². The zero-order valence-electron chi connectivity index (χ0n) is 14.1. The van der Waals surface area contributed by atoms with E-state index in [0.29, 0.717) is 24.5 Å². The van der Waals surface area contributed by atoms with Crippen LogP contribution in [0, 0.1) is 5.82 Å². The van der Waals surface area contributed by atoms with E-state index in [2.05, 4.69) is 5.32 Å². The first-order valence-corrected chi connectivity index (χ1v) is 8.12. The molecule has 1 aliphatic heterocycles. The number of hydrogen-bond donors (Lipinski definition) is 1. The van der Waals surface area contributed by atoms with E-state index in [1.807, 2.05) is 36.1 Å². The van der Waals surface area contributed by atoms with Crippen LogP contribution in [0.3, 0.4) is 0 Å². The zero-order valence-corrected chi connectivity index (χ0v) is 14.9. The Morgan fingerprint density at radius 3 is 2.84 bits per heavy atom. The molecule has 1 fully saturated rings. The Bertz CT molecular complexity index is 726. The Kier molecular flexibility index (Phi) is 6.79. The SMILES string of the molecule is C[C@@H]1CNCCN1C(=O)c1cccc(COc2cccc(F)c2)c1.Cl. The van der Waals surface area contributed by atoms with E-state index >= 15 is 0 Å². The molecule has 25 heavy (non-hydrogen) atoms. The molecule has 0 aromatic heterocycles. The summed E-state index contributed by atoms with van der Waals surface area (Å²) in [6.45, 7) is 4.68. The van der Waals surface area contributed by atoms with E-state index in [4.69, 9.17) is 4.74 Å². The van der Waals surface area contributed by atoms with Gasteiger partial charge in [-0.15, -0.1) is 12.4 Å². The Balaban J connectivity index is 0.00000225. The summed E-state index contributed by atoms with van der Waals surface area (Å²) in [5.74, 6) is 0.184. The molecular weight excluding hydrogens is 343 g/mol. The molecule has 1 heterocycles. The van der Waals surface area contributed by atoms with E-state index in [0.717, 1.165) is 18.7 Å². The molecule has 0 spiro atoms. The molecule has 1 amide bonds. The molecule has 0 saturated carbocycles. The van der Waals surface area contributed by atoms with Gasteiger partial charge in [0, 0.05) is 37.3 Å². The summed E-state index contributed by atoms with van der Waals surface area (Å²) in [4.78, 5) is 14.6. The van der Waals surface area contributed by atoms with Crippen LogP contribution in [-0.4, -0.2) is 36.5 Å². The fourth-order valence-corrected chi connectivity index (χ4v) is 2.83. The maximum Gasteiger partial charge on any atom is 0.254 e. The van der Waals surface area contributed by atoms with Gasteiger partial charge in [0.25, 0.3) is 5.91 Å². The van der Waals surface area contributed by atoms with Gasteiger partial charge in [-0.25, -0.2) is 4.39 Å². The van der Waals surface area contributed by atoms with E-state index in [1.54, 1.807) is 12.1 Å². The first kappa shape index (κ1) is 19.2. The van der Waals surface area contributed by atoms with Crippen molar-refractivity contribution in [3.05, 3.63) is 65.5 Å². The van der Waals surface area contributed by atoms with E-state index in [1.165, 1.54) is 12.1 Å². The molecule has 0 bridgehead atoms. The molecule has 2 aromatic carbocycles. The van der Waals surface area contributed by atoms with Gasteiger partial charge in [-0.2, -0.15) is 0 Å². The Hall–Kier alpha value is -2.11. The molecule has 3 rings (SSSR count). The third-order valence-electron chi connectivity index (χ3n) is 4.14. The van der Waals surface area contributed by atoms with Gasteiger partial charge in [0.15, 0.2) is 0 Å². The van der Waals surface area contributed by atoms with Crippen LogP contribution in [0.1, 0.15) is 22.8 Å². The molecule has 6 heteroatoms. The highest BCUT2D eigenvalue weighted by molar-refractivity contribution is 5.94. The van der Waals surface area contributed by atoms with Crippen LogP contribution >= 0.6 is 12.4 Å². The van der Waals surface area contributed by atoms with Crippen LogP contribution in [0.5, 0.6) is 5.75 Å². The molecule has 134 valence electrons. The fraction of sp³-hybridized carbons (Fsp3) is 0.316. The van der Waals surface area contributed by atoms with E-state index in [9.17, 15) is 9.18 Å². The number of benzene rings is 2. The monoisotopic (exact) mass is 364 g/mol. The number of ether oxygens (including phenoxy) is 1. The second kappa shape index (κ2) is 8.83. The van der Waals surface area contributed by atoms with Crippen LogP contribution in [0.15, 0.2) is 48.5 Å². The number of piperazine rings is 1. The summed E-state index contributed by atoms with van der Waals surface area (Å²) < 4.78 is 18.8. The van der Waals surface area contributed by atoms with Crippen LogP contribution in [0.4, 0.5) is 4.39 Å². The fourth-order valence-electron chi connectivity index (χ4n) is 2.83. The van der Waals surface area contributed by atoms with E-state index < -0.39 is 0 Å². The summed E-state index contributed by atoms with van der Waals surface area (Å²) in [5.41, 5.74) is 1.54. The van der Waals surface area contributed by atoms with Gasteiger partial charge in [0.2, 0.25) is 0 Å². The largest absolute Gasteiger partial charge is 0.489 e. The standard InChI is InChI=1S/C19H21FN2O2.ClH/c1-14-12-21-8-9-22(14)19(23)16-5-2-4-15(10-16)13-24-18-7-3-6-17(20)11-18;/h2-7,10-11,14,21H,8-9,12-13H2,1H3;1H/t14-;/m1./s1. The Labute approximate surface area is 153 Å². The van der Waals surface area contributed by atoms with Crippen molar-refractivity contribution in [2.45, 2.75) is 19.6 Å². The minimum atomic E-state index is -0.330. The minimum Gasteiger partial charge on any atom is -0.489 e. The first-order chi connectivity index (χ1) is 11.6. The maximum absolute atomic E-state index is 13.2. The lowest BCUT2D eigenvalue weighted by Crippen LogP contribution is -2.52. The lowest BCUT2D eigenvalue weighted by Gasteiger charge is -2.34. The van der Waals surface area contributed by atoms with Crippen molar-refractivity contribution in [2.75, 3.05) is 19.6 Å². The number of nitrogens with zero attached hydrogens (tertiary/aromatic N) is 1. The van der Waals surface area contributed by atoms with Gasteiger partial charge in [0.1, 0.15) is 18.2 Å². The predicted octanol–water partition coefficient (Wildman–Crippen LogP) is 3.26. The molecule has 0 unspecified atom stereocenters. The summed E-state index contributed by atoms with van der Waals surface area (Å²) in [6, 6.07) is 13.6. The summed E-state index contributed by atoms with van der Waals surface area (Å²) >= 11 is 0. The van der Waals surface area contributed by atoms with Gasteiger partial charge in [-0.3, -0.25) is 4.79 Å². The predicted molar refractivity (Wildman–Crippen MR) is 97.8 cm³/mol. The third-order valence-corrected chi connectivity index (χ3v) is 4.14. The number of amides is 1. The van der Waals surface area contributed by atoms with Crippen molar-refractivity contribution in [1.82, 2.24) is 10.2 Å². The number of carbonyl (C=O) groups is 1. The van der Waals surface area contributed by atoms with Crippen LogP contribution < -0.4 is 10.1 Å². The highest BCUT2D eigenvalue weighted by atomic mass is 35.5. The Morgan fingerprint density at radius 2 is 2.08 bits per heavy atom. The van der Waals surface area contributed by atoms with Gasteiger partial charge in [0.05, 0.1) is 0 Å². The van der Waals surface area contributed by atoms with Crippen molar-refractivity contribution in [1.29, 1.82) is 0 Å². The van der Waals surface area contributed by atoms with Crippen LogP contribution in [0.25, 0.3) is 0 Å². The van der Waals surface area contributed by atoms with Gasteiger partial charge < -0.3 is 15.0 Å². The number of halogens is 2.